The summed E-state index contributed by atoms with van der Waals surface area (Å²) in [5.41, 5.74) is 16.2. The molecule has 0 aromatic rings. The van der Waals surface area contributed by atoms with Crippen LogP contribution in [0.2, 0.25) is 0 Å². The SMILES string of the molecule is CC(C)[C@@H](C(=O)N(C)CC(=O)N(C)[C@@H](CO)C(N)=O)N(C)C(=O)[C@H](CC(N)=O)N(C)C(=O)[C@H]([C@@H](C)O)N(C)C(=O)[C@@H](N)CO. The molecular formula is C26H48N8O10. The third-order valence-electron chi connectivity index (χ3n) is 7.24. The third kappa shape index (κ3) is 10.1. The highest BCUT2D eigenvalue weighted by molar-refractivity contribution is 5.97. The van der Waals surface area contributed by atoms with Crippen LogP contribution in [0.4, 0.5) is 0 Å². The molecule has 0 rings (SSSR count). The maximum Gasteiger partial charge on any atom is 0.248 e. The first-order valence-electron chi connectivity index (χ1n) is 13.7. The molecule has 0 heterocycles. The summed E-state index contributed by atoms with van der Waals surface area (Å²) in [6, 6.07) is -7.07. The van der Waals surface area contributed by atoms with E-state index in [-0.39, 0.29) is 0 Å². The molecule has 44 heavy (non-hydrogen) atoms. The van der Waals surface area contributed by atoms with Crippen molar-refractivity contribution in [3.8, 4) is 0 Å². The van der Waals surface area contributed by atoms with Gasteiger partial charge in [-0.25, -0.2) is 0 Å². The topological polar surface area (TPSA) is 274 Å². The Morgan fingerprint density at radius 2 is 1.16 bits per heavy atom. The van der Waals surface area contributed by atoms with Gasteiger partial charge in [-0.3, -0.25) is 33.6 Å². The summed E-state index contributed by atoms with van der Waals surface area (Å²) in [6.45, 7) is 2.45. The number of aliphatic hydroxyl groups is 3. The van der Waals surface area contributed by atoms with Crippen molar-refractivity contribution in [2.24, 2.45) is 23.1 Å². The molecule has 0 aliphatic heterocycles. The largest absolute Gasteiger partial charge is 0.394 e. The fraction of sp³-hybridized carbons (Fsp3) is 0.731. The van der Waals surface area contributed by atoms with Gasteiger partial charge in [0, 0.05) is 35.2 Å². The Morgan fingerprint density at radius 3 is 1.55 bits per heavy atom. The van der Waals surface area contributed by atoms with E-state index in [4.69, 9.17) is 17.2 Å². The van der Waals surface area contributed by atoms with Crippen LogP contribution in [-0.4, -0.2) is 172 Å². The molecule has 0 spiro atoms. The average Bonchev–Trinajstić information content (AvgIpc) is 2.93. The molecule has 0 saturated heterocycles. The average molecular weight is 633 g/mol. The summed E-state index contributed by atoms with van der Waals surface area (Å²) < 4.78 is 0. The molecule has 0 aliphatic rings. The minimum Gasteiger partial charge on any atom is -0.394 e. The number of primary amides is 2. The molecule has 9 N–H and O–H groups in total. The molecule has 6 atom stereocenters. The molecule has 0 aromatic heterocycles. The van der Waals surface area contributed by atoms with E-state index in [2.05, 4.69) is 0 Å². The number of likely N-dealkylation sites (N-methyl/N-ethyl adjacent to an activating group) is 5. The first-order chi connectivity index (χ1) is 20.2. The number of hydrogen-bond donors (Lipinski definition) is 6. The minimum atomic E-state index is -1.57. The maximum atomic E-state index is 13.8. The first kappa shape index (κ1) is 40.1. The van der Waals surface area contributed by atoms with Gasteiger partial charge in [0.1, 0.15) is 30.2 Å². The van der Waals surface area contributed by atoms with Gasteiger partial charge in [0.15, 0.2) is 0 Å². The van der Waals surface area contributed by atoms with E-state index in [1.165, 1.54) is 35.1 Å². The van der Waals surface area contributed by atoms with Crippen molar-refractivity contribution in [1.29, 1.82) is 0 Å². The van der Waals surface area contributed by atoms with E-state index >= 15 is 0 Å². The van der Waals surface area contributed by atoms with Gasteiger partial charge < -0.3 is 57.0 Å². The van der Waals surface area contributed by atoms with E-state index in [0.29, 0.717) is 0 Å². The number of amides is 7. The highest BCUT2D eigenvalue weighted by Gasteiger charge is 2.42. The molecule has 0 aliphatic carbocycles. The molecule has 0 radical (unpaired) electrons. The van der Waals surface area contributed by atoms with E-state index in [1.54, 1.807) is 13.8 Å². The Labute approximate surface area is 256 Å². The minimum absolute atomic E-state index is 0.542. The number of aliphatic hydroxyl groups excluding tert-OH is 3. The first-order valence-corrected chi connectivity index (χ1v) is 13.7. The van der Waals surface area contributed by atoms with Crippen LogP contribution in [0.3, 0.4) is 0 Å². The number of nitrogens with zero attached hydrogens (tertiary/aromatic N) is 5. The monoisotopic (exact) mass is 632 g/mol. The number of carbonyl (C=O) groups is 7. The second-order valence-electron chi connectivity index (χ2n) is 11.0. The molecule has 0 saturated carbocycles. The van der Waals surface area contributed by atoms with Gasteiger partial charge in [-0.1, -0.05) is 13.8 Å². The second-order valence-corrected chi connectivity index (χ2v) is 11.0. The number of nitrogens with two attached hydrogens (primary N) is 3. The lowest BCUT2D eigenvalue weighted by atomic mass is 9.99. The zero-order valence-electron chi connectivity index (χ0n) is 26.5. The van der Waals surface area contributed by atoms with Crippen LogP contribution in [0.1, 0.15) is 27.2 Å². The number of carbonyl (C=O) groups excluding carboxylic acids is 7. The van der Waals surface area contributed by atoms with E-state index < -0.39 is 110 Å². The Hall–Kier alpha value is -3.87. The van der Waals surface area contributed by atoms with Crippen LogP contribution in [-0.2, 0) is 33.6 Å². The van der Waals surface area contributed by atoms with Gasteiger partial charge >= 0.3 is 0 Å². The van der Waals surface area contributed by atoms with E-state index in [9.17, 15) is 48.9 Å². The quantitative estimate of drug-likeness (QED) is 0.0879. The van der Waals surface area contributed by atoms with E-state index in [0.717, 1.165) is 31.5 Å². The second kappa shape index (κ2) is 17.4. The molecule has 0 aromatic carbocycles. The highest BCUT2D eigenvalue weighted by atomic mass is 16.3. The normalized spacial score (nSPS) is 15.2. The van der Waals surface area contributed by atoms with Gasteiger partial charge in [-0.15, -0.1) is 0 Å². The van der Waals surface area contributed by atoms with Gasteiger partial charge in [0.25, 0.3) is 0 Å². The van der Waals surface area contributed by atoms with Crippen LogP contribution in [0, 0.1) is 5.92 Å². The fourth-order valence-corrected chi connectivity index (χ4v) is 4.58. The lowest BCUT2D eigenvalue weighted by Crippen LogP contribution is -2.62. The van der Waals surface area contributed by atoms with Crippen molar-refractivity contribution in [1.82, 2.24) is 24.5 Å². The molecule has 7 amide bonds. The van der Waals surface area contributed by atoms with Crippen LogP contribution in [0.5, 0.6) is 0 Å². The lowest BCUT2D eigenvalue weighted by Gasteiger charge is -2.39. The van der Waals surface area contributed by atoms with Crippen molar-refractivity contribution in [2.45, 2.75) is 63.5 Å². The molecule has 0 bridgehead atoms. The van der Waals surface area contributed by atoms with Crippen molar-refractivity contribution >= 4 is 41.4 Å². The van der Waals surface area contributed by atoms with Crippen LogP contribution >= 0.6 is 0 Å². The predicted octanol–water partition coefficient (Wildman–Crippen LogP) is -5.54. The molecule has 18 heteroatoms. The molecular weight excluding hydrogens is 584 g/mol. The molecule has 0 unspecified atom stereocenters. The summed E-state index contributed by atoms with van der Waals surface area (Å²) in [7, 11) is 6.10. The highest BCUT2D eigenvalue weighted by Crippen LogP contribution is 2.19. The van der Waals surface area contributed by atoms with Crippen molar-refractivity contribution < 1.29 is 48.9 Å². The Kier molecular flexibility index (Phi) is 15.9. The number of rotatable bonds is 17. The standard InChI is InChI=1S/C26H48N8O10/c1-13(2)20(25(43)30(4)10-19(39)31(5)17(12-36)22(29)40)33(7)24(42)16(9-18(28)38)32(6)26(44)21(14(3)37)34(8)23(41)15(27)11-35/h13-17,20-21,35-37H,9-12,27H2,1-8H3,(H2,28,38)(H2,29,40)/t14-,15+,16+,17+,20+,21+/m1/s1. The summed E-state index contributed by atoms with van der Waals surface area (Å²) in [5, 5.41) is 29.0. The van der Waals surface area contributed by atoms with Crippen molar-refractivity contribution in [3.63, 3.8) is 0 Å². The lowest BCUT2D eigenvalue weighted by molar-refractivity contribution is -0.157. The summed E-state index contributed by atoms with van der Waals surface area (Å²) in [6.07, 6.45) is -2.15. The van der Waals surface area contributed by atoms with Crippen LogP contribution in [0.15, 0.2) is 0 Å². The smallest absolute Gasteiger partial charge is 0.248 e. The zero-order valence-corrected chi connectivity index (χ0v) is 26.5. The maximum absolute atomic E-state index is 13.8. The Bertz CT molecular complexity index is 1070. The van der Waals surface area contributed by atoms with Crippen LogP contribution in [0.25, 0.3) is 0 Å². The molecule has 0 fully saturated rings. The van der Waals surface area contributed by atoms with Crippen LogP contribution < -0.4 is 17.2 Å². The molecule has 18 nitrogen and oxygen atoms in total. The van der Waals surface area contributed by atoms with Crippen molar-refractivity contribution in [2.75, 3.05) is 55.0 Å². The summed E-state index contributed by atoms with van der Waals surface area (Å²) in [4.78, 5) is 94.1. The van der Waals surface area contributed by atoms with Gasteiger partial charge in [0.05, 0.1) is 32.3 Å². The van der Waals surface area contributed by atoms with Crippen molar-refractivity contribution in [3.05, 3.63) is 0 Å². The van der Waals surface area contributed by atoms with E-state index in [1.807, 2.05) is 0 Å². The fourth-order valence-electron chi connectivity index (χ4n) is 4.58. The molecule has 252 valence electrons. The zero-order chi connectivity index (χ0) is 34.8. The Morgan fingerprint density at radius 1 is 0.659 bits per heavy atom. The van der Waals surface area contributed by atoms with Gasteiger partial charge in [-0.2, -0.15) is 0 Å². The van der Waals surface area contributed by atoms with Gasteiger partial charge in [-0.05, 0) is 12.8 Å². The predicted molar refractivity (Wildman–Crippen MR) is 156 cm³/mol. The number of hydrogen-bond acceptors (Lipinski definition) is 11. The van der Waals surface area contributed by atoms with Gasteiger partial charge in [0.2, 0.25) is 41.4 Å². The summed E-state index contributed by atoms with van der Waals surface area (Å²) in [5.74, 6) is -6.61. The Balaban J connectivity index is 6.30. The third-order valence-corrected chi connectivity index (χ3v) is 7.24. The summed E-state index contributed by atoms with van der Waals surface area (Å²) >= 11 is 0.